The summed E-state index contributed by atoms with van der Waals surface area (Å²) in [5.41, 5.74) is 2.97. The number of aryl methyl sites for hydroxylation is 1. The largest absolute Gasteiger partial charge is 0.385 e. The van der Waals surface area contributed by atoms with Crippen LogP contribution in [0, 0.1) is 30.6 Å². The van der Waals surface area contributed by atoms with Crippen LogP contribution in [0.1, 0.15) is 42.1 Å². The van der Waals surface area contributed by atoms with Crippen molar-refractivity contribution in [2.24, 2.45) is 23.7 Å². The molecule has 3 heteroatoms. The Kier molecular flexibility index (Phi) is 2.98. The molecule has 0 spiro atoms. The molecule has 21 heavy (non-hydrogen) atoms. The number of anilines is 1. The second-order valence-corrected chi connectivity index (χ2v) is 7.05. The first-order valence-electron chi connectivity index (χ1n) is 8.34. The fraction of sp³-hybridized carbons (Fsp3) is 0.611. The first kappa shape index (κ1) is 13.2. The summed E-state index contributed by atoms with van der Waals surface area (Å²) in [6.07, 6.45) is 4.22. The average Bonchev–Trinajstić information content (AvgIpc) is 2.84. The number of hydrogen-bond acceptors (Lipinski definition) is 2. The molecule has 0 radical (unpaired) electrons. The van der Waals surface area contributed by atoms with Crippen LogP contribution >= 0.6 is 0 Å². The molecule has 1 amide bonds. The molecule has 0 aliphatic heterocycles. The Bertz CT molecular complexity index is 567. The zero-order valence-corrected chi connectivity index (χ0v) is 12.9. The smallest absolute Gasteiger partial charge is 0.251 e. The highest BCUT2D eigenvalue weighted by atomic mass is 16.1. The van der Waals surface area contributed by atoms with E-state index in [0.717, 1.165) is 47.0 Å². The lowest BCUT2D eigenvalue weighted by atomic mass is 10.0. The number of fused-ring (bicyclic) bond motifs is 5. The Balaban J connectivity index is 1.44. The van der Waals surface area contributed by atoms with Crippen LogP contribution in [0.15, 0.2) is 18.2 Å². The van der Waals surface area contributed by atoms with E-state index in [2.05, 4.69) is 23.6 Å². The number of benzene rings is 1. The van der Waals surface area contributed by atoms with Gasteiger partial charge < -0.3 is 10.6 Å². The summed E-state index contributed by atoms with van der Waals surface area (Å²) in [5.74, 6) is 3.53. The van der Waals surface area contributed by atoms with E-state index in [1.54, 1.807) is 0 Å². The number of carbonyl (C=O) groups excluding carboxylic acids is 1. The molecule has 1 aromatic rings. The molecule has 1 aromatic carbocycles. The molecular formula is C18H24N2O. The van der Waals surface area contributed by atoms with E-state index in [0.29, 0.717) is 6.04 Å². The summed E-state index contributed by atoms with van der Waals surface area (Å²) in [5, 5.41) is 6.59. The standard InChI is InChI=1S/C18H24N2O/c1-3-19-13-6-7-14(10(2)8-13)18(21)20-17-15-11-4-5-12(9-11)16(15)17/h6-8,11-12,15-17,19H,3-5,9H2,1-2H3,(H,20,21). The van der Waals surface area contributed by atoms with Crippen LogP contribution in [0.3, 0.4) is 0 Å². The lowest BCUT2D eigenvalue weighted by molar-refractivity contribution is 0.0943. The third kappa shape index (κ3) is 2.05. The Morgan fingerprint density at radius 2 is 1.95 bits per heavy atom. The van der Waals surface area contributed by atoms with E-state index >= 15 is 0 Å². The van der Waals surface area contributed by atoms with Crippen molar-refractivity contribution in [3.8, 4) is 0 Å². The predicted octanol–water partition coefficient (Wildman–Crippen LogP) is 3.20. The Hall–Kier alpha value is -1.51. The summed E-state index contributed by atoms with van der Waals surface area (Å²) in [4.78, 5) is 12.5. The van der Waals surface area contributed by atoms with Crippen LogP contribution in [-0.2, 0) is 0 Å². The summed E-state index contributed by atoms with van der Waals surface area (Å²) in [7, 11) is 0. The van der Waals surface area contributed by atoms with Crippen molar-refractivity contribution < 1.29 is 4.79 Å². The summed E-state index contributed by atoms with van der Waals surface area (Å²) >= 11 is 0. The van der Waals surface area contributed by atoms with Gasteiger partial charge in [0.15, 0.2) is 0 Å². The molecule has 112 valence electrons. The molecule has 3 saturated carbocycles. The van der Waals surface area contributed by atoms with Gasteiger partial charge in [-0.15, -0.1) is 0 Å². The number of hydrogen-bond donors (Lipinski definition) is 2. The van der Waals surface area contributed by atoms with E-state index in [9.17, 15) is 4.79 Å². The van der Waals surface area contributed by atoms with Gasteiger partial charge in [0.2, 0.25) is 0 Å². The van der Waals surface area contributed by atoms with E-state index in [4.69, 9.17) is 0 Å². The fourth-order valence-electron chi connectivity index (χ4n) is 4.98. The normalized spacial score (nSPS) is 35.4. The van der Waals surface area contributed by atoms with E-state index in [1.807, 2.05) is 19.1 Å². The maximum Gasteiger partial charge on any atom is 0.251 e. The number of carbonyl (C=O) groups is 1. The van der Waals surface area contributed by atoms with E-state index in [1.165, 1.54) is 19.3 Å². The Morgan fingerprint density at radius 1 is 1.24 bits per heavy atom. The van der Waals surface area contributed by atoms with Crippen LogP contribution in [0.4, 0.5) is 5.69 Å². The van der Waals surface area contributed by atoms with Crippen molar-refractivity contribution in [2.45, 2.75) is 39.2 Å². The zero-order valence-electron chi connectivity index (χ0n) is 12.9. The maximum absolute atomic E-state index is 12.5. The number of rotatable bonds is 4. The van der Waals surface area contributed by atoms with Crippen LogP contribution in [0.25, 0.3) is 0 Å². The van der Waals surface area contributed by atoms with Crippen LogP contribution in [0.2, 0.25) is 0 Å². The first-order valence-corrected chi connectivity index (χ1v) is 8.34. The van der Waals surface area contributed by atoms with Crippen LogP contribution < -0.4 is 10.6 Å². The third-order valence-electron chi connectivity index (χ3n) is 5.89. The third-order valence-corrected chi connectivity index (χ3v) is 5.89. The maximum atomic E-state index is 12.5. The second kappa shape index (κ2) is 4.75. The van der Waals surface area contributed by atoms with Gasteiger partial charge in [-0.25, -0.2) is 0 Å². The quantitative estimate of drug-likeness (QED) is 0.891. The van der Waals surface area contributed by atoms with E-state index in [-0.39, 0.29) is 5.91 Å². The van der Waals surface area contributed by atoms with Crippen molar-refractivity contribution in [3.63, 3.8) is 0 Å². The predicted molar refractivity (Wildman–Crippen MR) is 84.4 cm³/mol. The summed E-state index contributed by atoms with van der Waals surface area (Å²) in [6.45, 7) is 5.00. The van der Waals surface area contributed by atoms with Gasteiger partial charge in [0.05, 0.1) is 0 Å². The minimum Gasteiger partial charge on any atom is -0.385 e. The lowest BCUT2D eigenvalue weighted by Gasteiger charge is -2.13. The highest BCUT2D eigenvalue weighted by molar-refractivity contribution is 5.96. The number of amides is 1. The molecule has 3 nitrogen and oxygen atoms in total. The highest BCUT2D eigenvalue weighted by Gasteiger charge is 2.65. The second-order valence-electron chi connectivity index (χ2n) is 7.05. The average molecular weight is 284 g/mol. The van der Waals surface area contributed by atoms with Gasteiger partial charge in [-0.1, -0.05) is 0 Å². The Labute approximate surface area is 126 Å². The van der Waals surface area contributed by atoms with Gasteiger partial charge >= 0.3 is 0 Å². The molecule has 3 aliphatic carbocycles. The molecule has 0 heterocycles. The summed E-state index contributed by atoms with van der Waals surface area (Å²) < 4.78 is 0. The highest BCUT2D eigenvalue weighted by Crippen LogP contribution is 2.65. The summed E-state index contributed by atoms with van der Waals surface area (Å²) in [6, 6.07) is 6.49. The van der Waals surface area contributed by atoms with Crippen molar-refractivity contribution in [1.29, 1.82) is 0 Å². The minimum absolute atomic E-state index is 0.120. The molecule has 0 saturated heterocycles. The zero-order chi connectivity index (χ0) is 14.6. The van der Waals surface area contributed by atoms with Crippen LogP contribution in [0.5, 0.6) is 0 Å². The topological polar surface area (TPSA) is 41.1 Å². The minimum atomic E-state index is 0.120. The van der Waals surface area contributed by atoms with Gasteiger partial charge in [0.1, 0.15) is 0 Å². The van der Waals surface area contributed by atoms with Gasteiger partial charge in [-0.3, -0.25) is 4.79 Å². The molecule has 3 aliphatic rings. The van der Waals surface area contributed by atoms with Gasteiger partial charge in [0.25, 0.3) is 5.91 Å². The monoisotopic (exact) mass is 284 g/mol. The number of nitrogens with one attached hydrogen (secondary N) is 2. The molecule has 2 bridgehead atoms. The lowest BCUT2D eigenvalue weighted by Crippen LogP contribution is -2.30. The van der Waals surface area contributed by atoms with Gasteiger partial charge in [-0.05, 0) is 80.5 Å². The fourth-order valence-corrected chi connectivity index (χ4v) is 4.98. The van der Waals surface area contributed by atoms with Crippen LogP contribution in [-0.4, -0.2) is 18.5 Å². The molecule has 4 atom stereocenters. The van der Waals surface area contributed by atoms with Crippen molar-refractivity contribution >= 4 is 11.6 Å². The van der Waals surface area contributed by atoms with E-state index < -0.39 is 0 Å². The SMILES string of the molecule is CCNc1ccc(C(=O)NC2C3C4CCC(C4)C23)c(C)c1. The molecular weight excluding hydrogens is 260 g/mol. The molecule has 0 aromatic heterocycles. The van der Waals surface area contributed by atoms with Crippen molar-refractivity contribution in [3.05, 3.63) is 29.3 Å². The van der Waals surface area contributed by atoms with Gasteiger partial charge in [-0.2, -0.15) is 0 Å². The molecule has 2 N–H and O–H groups in total. The van der Waals surface area contributed by atoms with Crippen molar-refractivity contribution in [2.75, 3.05) is 11.9 Å². The van der Waals surface area contributed by atoms with Gasteiger partial charge in [0, 0.05) is 23.8 Å². The molecule has 4 unspecified atom stereocenters. The Morgan fingerprint density at radius 3 is 2.57 bits per heavy atom. The molecule has 3 fully saturated rings. The molecule has 4 rings (SSSR count). The first-order chi connectivity index (χ1) is 10.2. The van der Waals surface area contributed by atoms with Crippen molar-refractivity contribution in [1.82, 2.24) is 5.32 Å².